The number of nitrogens with one attached hydrogen (secondary N) is 3. The molecule has 0 aliphatic heterocycles. The predicted octanol–water partition coefficient (Wildman–Crippen LogP) is 2.66. The Morgan fingerprint density at radius 2 is 2.00 bits per heavy atom. The van der Waals surface area contributed by atoms with Crippen LogP contribution in [0.1, 0.15) is 27.7 Å². The average Bonchev–Trinajstić information content (AvgIpc) is 3.23. The van der Waals surface area contributed by atoms with Gasteiger partial charge in [-0.05, 0) is 38.0 Å². The molecular weight excluding hydrogens is 402 g/mol. The maximum absolute atomic E-state index is 12.3. The number of aromatic amines is 2. The van der Waals surface area contributed by atoms with Crippen LogP contribution in [0.3, 0.4) is 0 Å². The zero-order chi connectivity index (χ0) is 21.3. The highest BCUT2D eigenvalue weighted by Crippen LogP contribution is 2.25. The molecule has 4 rings (SSSR count). The van der Waals surface area contributed by atoms with Crippen LogP contribution in [0.25, 0.3) is 21.3 Å². The number of nitrogens with zero attached hydrogens (tertiary/aromatic N) is 2. The molecule has 3 N–H and O–H groups in total. The number of H-pyrrole nitrogens is 2. The standard InChI is InChI=1S/C21H23N5O3S/c1-11-5-4-6-14-19(11)24-16(23-14)9-29-10-17(27)22-8-7-15-25-20(28)18-12(2)13(3)30-21(18)26-15/h4-6H,7-10H2,1-3H3,(H,22,27)(H,23,24)(H,25,26,28). The largest absolute Gasteiger partial charge is 0.364 e. The van der Waals surface area contributed by atoms with Crippen LogP contribution in [0.2, 0.25) is 0 Å². The van der Waals surface area contributed by atoms with E-state index in [1.54, 1.807) is 0 Å². The summed E-state index contributed by atoms with van der Waals surface area (Å²) in [5.41, 5.74) is 3.79. The molecule has 1 amide bonds. The molecule has 0 aliphatic rings. The Labute approximate surface area is 176 Å². The summed E-state index contributed by atoms with van der Waals surface area (Å²) in [7, 11) is 0. The average molecular weight is 426 g/mol. The van der Waals surface area contributed by atoms with E-state index in [4.69, 9.17) is 4.74 Å². The topological polar surface area (TPSA) is 113 Å². The lowest BCUT2D eigenvalue weighted by atomic mass is 10.2. The van der Waals surface area contributed by atoms with Crippen molar-refractivity contribution >= 4 is 38.5 Å². The first-order valence-corrected chi connectivity index (χ1v) is 10.5. The molecule has 0 aliphatic carbocycles. The number of amides is 1. The molecule has 3 heterocycles. The number of benzene rings is 1. The molecule has 156 valence electrons. The highest BCUT2D eigenvalue weighted by Gasteiger charge is 2.12. The summed E-state index contributed by atoms with van der Waals surface area (Å²) >= 11 is 1.51. The molecule has 9 heteroatoms. The first-order chi connectivity index (χ1) is 14.4. The van der Waals surface area contributed by atoms with Crippen molar-refractivity contribution in [1.82, 2.24) is 25.3 Å². The van der Waals surface area contributed by atoms with Crippen LogP contribution in [0.5, 0.6) is 0 Å². The van der Waals surface area contributed by atoms with Crippen molar-refractivity contribution in [1.29, 1.82) is 0 Å². The van der Waals surface area contributed by atoms with Gasteiger partial charge >= 0.3 is 0 Å². The molecule has 0 radical (unpaired) electrons. The molecule has 30 heavy (non-hydrogen) atoms. The maximum atomic E-state index is 12.3. The lowest BCUT2D eigenvalue weighted by Crippen LogP contribution is -2.30. The van der Waals surface area contributed by atoms with Gasteiger partial charge in [-0.3, -0.25) is 9.59 Å². The van der Waals surface area contributed by atoms with Gasteiger partial charge in [0.25, 0.3) is 5.56 Å². The number of para-hydroxylation sites is 1. The SMILES string of the molecule is Cc1sc2nc(CCNC(=O)COCc3nc4c(C)cccc4[nH]3)[nH]c(=O)c2c1C. The van der Waals surface area contributed by atoms with Gasteiger partial charge < -0.3 is 20.0 Å². The fourth-order valence-electron chi connectivity index (χ4n) is 3.32. The summed E-state index contributed by atoms with van der Waals surface area (Å²) in [6, 6.07) is 5.93. The Balaban J connectivity index is 1.26. The van der Waals surface area contributed by atoms with E-state index in [1.807, 2.05) is 39.0 Å². The van der Waals surface area contributed by atoms with Crippen LogP contribution < -0.4 is 10.9 Å². The summed E-state index contributed by atoms with van der Waals surface area (Å²) in [4.78, 5) is 41.1. The van der Waals surface area contributed by atoms with E-state index in [0.29, 0.717) is 30.0 Å². The van der Waals surface area contributed by atoms with E-state index in [-0.39, 0.29) is 24.7 Å². The van der Waals surface area contributed by atoms with Crippen molar-refractivity contribution in [3.05, 3.63) is 56.2 Å². The third-order valence-corrected chi connectivity index (χ3v) is 6.11. The highest BCUT2D eigenvalue weighted by molar-refractivity contribution is 7.18. The zero-order valence-corrected chi connectivity index (χ0v) is 17.9. The lowest BCUT2D eigenvalue weighted by molar-refractivity contribution is -0.126. The molecule has 0 saturated heterocycles. The molecule has 8 nitrogen and oxygen atoms in total. The van der Waals surface area contributed by atoms with Gasteiger partial charge in [0.1, 0.15) is 29.7 Å². The Morgan fingerprint density at radius 1 is 1.17 bits per heavy atom. The Morgan fingerprint density at radius 3 is 2.80 bits per heavy atom. The van der Waals surface area contributed by atoms with Crippen molar-refractivity contribution in [2.24, 2.45) is 0 Å². The zero-order valence-electron chi connectivity index (χ0n) is 17.1. The van der Waals surface area contributed by atoms with Gasteiger partial charge in [0.15, 0.2) is 0 Å². The van der Waals surface area contributed by atoms with Crippen molar-refractivity contribution < 1.29 is 9.53 Å². The first kappa shape index (κ1) is 20.2. The Kier molecular flexibility index (Phi) is 5.65. The van der Waals surface area contributed by atoms with Gasteiger partial charge in [-0.25, -0.2) is 9.97 Å². The van der Waals surface area contributed by atoms with Crippen LogP contribution >= 0.6 is 11.3 Å². The molecule has 0 unspecified atom stereocenters. The second-order valence-electron chi connectivity index (χ2n) is 7.22. The number of rotatable bonds is 7. The van der Waals surface area contributed by atoms with Crippen LogP contribution in [0, 0.1) is 20.8 Å². The van der Waals surface area contributed by atoms with E-state index in [1.165, 1.54) is 11.3 Å². The first-order valence-electron chi connectivity index (χ1n) is 9.70. The van der Waals surface area contributed by atoms with Gasteiger partial charge in [-0.1, -0.05) is 12.1 Å². The normalized spacial score (nSPS) is 11.4. The number of hydrogen-bond acceptors (Lipinski definition) is 6. The summed E-state index contributed by atoms with van der Waals surface area (Å²) in [5.74, 6) is 1.02. The number of imidazole rings is 1. The number of carbonyl (C=O) groups excluding carboxylic acids is 1. The predicted molar refractivity (Wildman–Crippen MR) is 117 cm³/mol. The fraction of sp³-hybridized carbons (Fsp3) is 0.333. The minimum atomic E-state index is -0.228. The molecule has 0 atom stereocenters. The maximum Gasteiger partial charge on any atom is 0.259 e. The number of thiophene rings is 1. The van der Waals surface area contributed by atoms with Crippen molar-refractivity contribution in [2.75, 3.05) is 13.2 Å². The van der Waals surface area contributed by atoms with Gasteiger partial charge in [0.05, 0.1) is 16.4 Å². The summed E-state index contributed by atoms with van der Waals surface area (Å²) in [6.07, 6.45) is 0.440. The van der Waals surface area contributed by atoms with E-state index in [9.17, 15) is 9.59 Å². The van der Waals surface area contributed by atoms with E-state index >= 15 is 0 Å². The number of ether oxygens (including phenoxy) is 1. The minimum absolute atomic E-state index is 0.0671. The quantitative estimate of drug-likeness (QED) is 0.421. The van der Waals surface area contributed by atoms with Crippen molar-refractivity contribution in [3.8, 4) is 0 Å². The van der Waals surface area contributed by atoms with Crippen LogP contribution in [-0.4, -0.2) is 39.0 Å². The second-order valence-corrected chi connectivity index (χ2v) is 8.43. The smallest absolute Gasteiger partial charge is 0.259 e. The van der Waals surface area contributed by atoms with Gasteiger partial charge in [0, 0.05) is 17.8 Å². The van der Waals surface area contributed by atoms with Gasteiger partial charge in [-0.2, -0.15) is 0 Å². The number of aryl methyl sites for hydroxylation is 3. The third kappa shape index (κ3) is 4.12. The second kappa shape index (κ2) is 8.37. The highest BCUT2D eigenvalue weighted by atomic mass is 32.1. The number of fused-ring (bicyclic) bond motifs is 2. The molecule has 0 fully saturated rings. The number of aromatic nitrogens is 4. The van der Waals surface area contributed by atoms with Gasteiger partial charge in [-0.15, -0.1) is 11.3 Å². The summed E-state index contributed by atoms with van der Waals surface area (Å²) < 4.78 is 5.47. The van der Waals surface area contributed by atoms with E-state index < -0.39 is 0 Å². The molecule has 4 aromatic rings. The van der Waals surface area contributed by atoms with Crippen molar-refractivity contribution in [3.63, 3.8) is 0 Å². The monoisotopic (exact) mass is 425 g/mol. The molecule has 0 bridgehead atoms. The molecule has 1 aromatic carbocycles. The fourth-order valence-corrected chi connectivity index (χ4v) is 4.37. The van der Waals surface area contributed by atoms with Gasteiger partial charge in [0.2, 0.25) is 5.91 Å². The minimum Gasteiger partial charge on any atom is -0.364 e. The van der Waals surface area contributed by atoms with Crippen LogP contribution in [0.4, 0.5) is 0 Å². The summed E-state index contributed by atoms with van der Waals surface area (Å²) in [6.45, 7) is 6.43. The Bertz CT molecular complexity index is 1290. The molecule has 0 saturated carbocycles. The van der Waals surface area contributed by atoms with Crippen LogP contribution in [0.15, 0.2) is 23.0 Å². The van der Waals surface area contributed by atoms with E-state index in [2.05, 4.69) is 25.3 Å². The molecule has 3 aromatic heterocycles. The van der Waals surface area contributed by atoms with Crippen LogP contribution in [-0.2, 0) is 22.6 Å². The van der Waals surface area contributed by atoms with E-state index in [0.717, 1.165) is 31.9 Å². The van der Waals surface area contributed by atoms with Crippen molar-refractivity contribution in [2.45, 2.75) is 33.8 Å². The molecule has 0 spiro atoms. The number of carbonyl (C=O) groups is 1. The molecular formula is C21H23N5O3S. The third-order valence-electron chi connectivity index (χ3n) is 5.01. The lowest BCUT2D eigenvalue weighted by Gasteiger charge is -2.05. The number of hydrogen-bond donors (Lipinski definition) is 3. The summed E-state index contributed by atoms with van der Waals surface area (Å²) in [5, 5.41) is 3.44. The Hall–Kier alpha value is -3.04.